The van der Waals surface area contributed by atoms with Crippen LogP contribution in [-0.2, 0) is 0 Å². The summed E-state index contributed by atoms with van der Waals surface area (Å²) in [6, 6.07) is 18.9. The van der Waals surface area contributed by atoms with Gasteiger partial charge in [0.15, 0.2) is 5.76 Å². The van der Waals surface area contributed by atoms with Gasteiger partial charge in [-0.15, -0.1) is 0 Å². The summed E-state index contributed by atoms with van der Waals surface area (Å²) in [7, 11) is 1.57. The molecule has 3 N–H and O–H groups in total. The Hall–Kier alpha value is -3.34. The minimum absolute atomic E-state index is 0.276. The summed E-state index contributed by atoms with van der Waals surface area (Å²) in [5.41, 5.74) is 9.12. The first-order valence-corrected chi connectivity index (χ1v) is 7.50. The Kier molecular flexibility index (Phi) is 4.43. The average Bonchev–Trinajstić information content (AvgIpc) is 3.06. The van der Waals surface area contributed by atoms with E-state index in [1.807, 2.05) is 60.7 Å². The quantitative estimate of drug-likeness (QED) is 0.774. The Balaban J connectivity index is 2.09. The molecule has 0 unspecified atom stereocenters. The van der Waals surface area contributed by atoms with E-state index >= 15 is 0 Å². The maximum absolute atomic E-state index is 12.3. The molecule has 1 heterocycles. The zero-order valence-corrected chi connectivity index (χ0v) is 13.2. The smallest absolute Gasteiger partial charge is 0.257 e. The van der Waals surface area contributed by atoms with Crippen LogP contribution in [-0.4, -0.2) is 18.1 Å². The molecule has 0 atom stereocenters. The number of benzene rings is 2. The molecule has 0 bridgehead atoms. The molecule has 5 heteroatoms. The number of carbonyl (C=O) groups is 1. The normalized spacial score (nSPS) is 11.3. The van der Waals surface area contributed by atoms with Gasteiger partial charge in [0.2, 0.25) is 0 Å². The predicted molar refractivity (Wildman–Crippen MR) is 93.8 cm³/mol. The molecule has 0 fully saturated rings. The van der Waals surface area contributed by atoms with Gasteiger partial charge in [-0.05, 0) is 5.56 Å². The Labute approximate surface area is 139 Å². The van der Waals surface area contributed by atoms with Crippen LogP contribution in [0.25, 0.3) is 23.0 Å². The van der Waals surface area contributed by atoms with Gasteiger partial charge in [-0.3, -0.25) is 4.79 Å². The number of nitrogens with zero attached hydrogens (tertiary/aromatic N) is 1. The molecule has 1 amide bonds. The molecule has 0 radical (unpaired) electrons. The van der Waals surface area contributed by atoms with Gasteiger partial charge in [0, 0.05) is 24.4 Å². The highest BCUT2D eigenvalue weighted by molar-refractivity contribution is 6.03. The average molecular weight is 319 g/mol. The monoisotopic (exact) mass is 319 g/mol. The molecule has 3 aromatic rings. The first-order chi connectivity index (χ1) is 11.7. The van der Waals surface area contributed by atoms with Gasteiger partial charge in [-0.1, -0.05) is 65.8 Å². The van der Waals surface area contributed by atoms with Gasteiger partial charge >= 0.3 is 0 Å². The number of nitrogens with one attached hydrogen (secondary N) is 1. The maximum Gasteiger partial charge on any atom is 0.257 e. The third kappa shape index (κ3) is 3.05. The Morgan fingerprint density at radius 3 is 2.33 bits per heavy atom. The van der Waals surface area contributed by atoms with Crippen molar-refractivity contribution in [3.05, 3.63) is 77.6 Å². The van der Waals surface area contributed by atoms with Crippen LogP contribution in [0.15, 0.2) is 65.2 Å². The van der Waals surface area contributed by atoms with Crippen LogP contribution in [0.2, 0.25) is 0 Å². The number of rotatable bonds is 4. The summed E-state index contributed by atoms with van der Waals surface area (Å²) in [6.07, 6.45) is 1.62. The first kappa shape index (κ1) is 15.6. The largest absolute Gasteiger partial charge is 0.398 e. The predicted octanol–water partition coefficient (Wildman–Crippen LogP) is 3.16. The molecule has 2 aromatic carbocycles. The van der Waals surface area contributed by atoms with Crippen molar-refractivity contribution in [2.75, 3.05) is 7.05 Å². The molecule has 0 saturated carbocycles. The summed E-state index contributed by atoms with van der Waals surface area (Å²) in [5.74, 6) is 0.0526. The van der Waals surface area contributed by atoms with Crippen molar-refractivity contribution in [1.29, 1.82) is 0 Å². The zero-order valence-electron chi connectivity index (χ0n) is 13.2. The van der Waals surface area contributed by atoms with Gasteiger partial charge in [-0.25, -0.2) is 0 Å². The lowest BCUT2D eigenvalue weighted by Gasteiger charge is -2.03. The lowest BCUT2D eigenvalue weighted by molar-refractivity contribution is 0.0963. The molecule has 0 spiro atoms. The van der Waals surface area contributed by atoms with Crippen LogP contribution in [0, 0.1) is 0 Å². The molecule has 0 aliphatic carbocycles. The highest BCUT2D eigenvalue weighted by Gasteiger charge is 2.22. The van der Waals surface area contributed by atoms with E-state index in [9.17, 15) is 4.79 Å². The van der Waals surface area contributed by atoms with Crippen molar-refractivity contribution in [2.24, 2.45) is 5.73 Å². The number of nitrogens with two attached hydrogens (primary N) is 1. The van der Waals surface area contributed by atoms with Gasteiger partial charge in [-0.2, -0.15) is 0 Å². The van der Waals surface area contributed by atoms with Crippen molar-refractivity contribution in [1.82, 2.24) is 10.5 Å². The van der Waals surface area contributed by atoms with E-state index in [4.69, 9.17) is 10.3 Å². The molecule has 0 saturated heterocycles. The van der Waals surface area contributed by atoms with Crippen LogP contribution < -0.4 is 11.1 Å². The molecule has 1 aromatic heterocycles. The number of hydrogen-bond acceptors (Lipinski definition) is 4. The van der Waals surface area contributed by atoms with Gasteiger partial charge in [0.1, 0.15) is 11.3 Å². The lowest BCUT2D eigenvalue weighted by atomic mass is 10.0. The Morgan fingerprint density at radius 2 is 1.71 bits per heavy atom. The second-order valence-electron chi connectivity index (χ2n) is 5.18. The molecule has 3 rings (SSSR count). The summed E-state index contributed by atoms with van der Waals surface area (Å²) in [6.45, 7) is 0. The highest BCUT2D eigenvalue weighted by Crippen LogP contribution is 2.27. The van der Waals surface area contributed by atoms with Gasteiger partial charge < -0.3 is 15.6 Å². The van der Waals surface area contributed by atoms with Crippen LogP contribution >= 0.6 is 0 Å². The van der Waals surface area contributed by atoms with E-state index in [-0.39, 0.29) is 5.91 Å². The summed E-state index contributed by atoms with van der Waals surface area (Å²) >= 11 is 0. The molecular weight excluding hydrogens is 302 g/mol. The van der Waals surface area contributed by atoms with Crippen molar-refractivity contribution in [3.8, 4) is 11.3 Å². The Morgan fingerprint density at radius 1 is 1.08 bits per heavy atom. The van der Waals surface area contributed by atoms with Crippen LogP contribution in [0.1, 0.15) is 21.7 Å². The first-order valence-electron chi connectivity index (χ1n) is 7.50. The SMILES string of the molecule is CNC(=O)c1c(-c2ccccc2)noc1C=C(N)c1ccccc1. The van der Waals surface area contributed by atoms with E-state index < -0.39 is 0 Å². The fourth-order valence-corrected chi connectivity index (χ4v) is 2.39. The molecule has 0 aliphatic heterocycles. The molecule has 0 aliphatic rings. The third-order valence-corrected chi connectivity index (χ3v) is 3.61. The summed E-state index contributed by atoms with van der Waals surface area (Å²) in [4.78, 5) is 12.3. The third-order valence-electron chi connectivity index (χ3n) is 3.61. The van der Waals surface area contributed by atoms with E-state index in [0.717, 1.165) is 11.1 Å². The molecular formula is C19H17N3O2. The summed E-state index contributed by atoms with van der Waals surface area (Å²) in [5, 5.41) is 6.69. The maximum atomic E-state index is 12.3. The fraction of sp³-hybridized carbons (Fsp3) is 0.0526. The number of amides is 1. The zero-order chi connectivity index (χ0) is 16.9. The topological polar surface area (TPSA) is 81.2 Å². The molecule has 24 heavy (non-hydrogen) atoms. The fourth-order valence-electron chi connectivity index (χ4n) is 2.39. The van der Waals surface area contributed by atoms with Crippen LogP contribution in [0.5, 0.6) is 0 Å². The van der Waals surface area contributed by atoms with E-state index in [2.05, 4.69) is 10.5 Å². The van der Waals surface area contributed by atoms with Crippen molar-refractivity contribution >= 4 is 17.7 Å². The second-order valence-corrected chi connectivity index (χ2v) is 5.18. The number of carbonyl (C=O) groups excluding carboxylic acids is 1. The molecule has 5 nitrogen and oxygen atoms in total. The highest BCUT2D eigenvalue weighted by atomic mass is 16.5. The van der Waals surface area contributed by atoms with Gasteiger partial charge in [0.25, 0.3) is 5.91 Å². The lowest BCUT2D eigenvalue weighted by Crippen LogP contribution is -2.19. The van der Waals surface area contributed by atoms with Crippen molar-refractivity contribution < 1.29 is 9.32 Å². The van der Waals surface area contributed by atoms with Gasteiger partial charge in [0.05, 0.1) is 0 Å². The van der Waals surface area contributed by atoms with E-state index in [1.165, 1.54) is 0 Å². The van der Waals surface area contributed by atoms with Crippen LogP contribution in [0.3, 0.4) is 0 Å². The minimum Gasteiger partial charge on any atom is -0.398 e. The second kappa shape index (κ2) is 6.83. The summed E-state index contributed by atoms with van der Waals surface area (Å²) < 4.78 is 5.40. The van der Waals surface area contributed by atoms with Crippen molar-refractivity contribution in [2.45, 2.75) is 0 Å². The van der Waals surface area contributed by atoms with Crippen molar-refractivity contribution in [3.63, 3.8) is 0 Å². The van der Waals surface area contributed by atoms with Crippen LogP contribution in [0.4, 0.5) is 0 Å². The minimum atomic E-state index is -0.276. The standard InChI is InChI=1S/C19H17N3O2/c1-21-19(23)17-16(12-15(20)13-8-4-2-5-9-13)24-22-18(17)14-10-6-3-7-11-14/h2-12H,20H2,1H3,(H,21,23). The number of hydrogen-bond donors (Lipinski definition) is 2. The number of aromatic nitrogens is 1. The Bertz CT molecular complexity index is 868. The van der Waals surface area contributed by atoms with E-state index in [0.29, 0.717) is 22.7 Å². The molecule has 120 valence electrons. The van der Waals surface area contributed by atoms with E-state index in [1.54, 1.807) is 13.1 Å².